The molecule has 96 valence electrons. The van der Waals surface area contributed by atoms with Gasteiger partial charge in [0.05, 0.1) is 9.54 Å². The predicted octanol–water partition coefficient (Wildman–Crippen LogP) is 2.63. The average molecular weight is 338 g/mol. The fourth-order valence-corrected chi connectivity index (χ4v) is 4.20. The summed E-state index contributed by atoms with van der Waals surface area (Å²) in [4.78, 5) is 14.0. The summed E-state index contributed by atoms with van der Waals surface area (Å²) in [7, 11) is 2.61. The Morgan fingerprint density at radius 1 is 1.47 bits per heavy atom. The van der Waals surface area contributed by atoms with E-state index in [1.54, 1.807) is 30.3 Å². The fraction of sp³-hybridized carbons (Fsp3) is 0.545. The normalized spacial score (nSPS) is 12.4. The second kappa shape index (κ2) is 7.28. The molecule has 6 heteroatoms. The number of amides is 1. The van der Waals surface area contributed by atoms with Gasteiger partial charge in [0.1, 0.15) is 0 Å². The summed E-state index contributed by atoms with van der Waals surface area (Å²) in [5.74, 6) is 1.28. The SMILES string of the molecule is CN(C)C(=O)CCC[S@](=O)Cc1ccc(Br)s1. The first-order valence-electron chi connectivity index (χ1n) is 5.28. The molecule has 0 unspecified atom stereocenters. The van der Waals surface area contributed by atoms with Gasteiger partial charge in [-0.05, 0) is 34.5 Å². The van der Waals surface area contributed by atoms with Crippen LogP contribution in [0.5, 0.6) is 0 Å². The van der Waals surface area contributed by atoms with E-state index >= 15 is 0 Å². The Morgan fingerprint density at radius 3 is 2.71 bits per heavy atom. The minimum absolute atomic E-state index is 0.0980. The molecule has 0 aliphatic rings. The molecule has 1 aromatic rings. The largest absolute Gasteiger partial charge is 0.349 e. The summed E-state index contributed by atoms with van der Waals surface area (Å²) < 4.78 is 12.8. The summed E-state index contributed by atoms with van der Waals surface area (Å²) in [6.45, 7) is 0. The Balaban J connectivity index is 2.24. The molecule has 0 aliphatic heterocycles. The third kappa shape index (κ3) is 5.79. The van der Waals surface area contributed by atoms with Gasteiger partial charge in [-0.1, -0.05) is 0 Å². The standard InChI is InChI=1S/C11H16BrNO2S2/c1-13(2)11(14)4-3-7-17(15)8-9-5-6-10(12)16-9/h5-6H,3-4,7-8H2,1-2H3/t17-/m0/s1. The Morgan fingerprint density at radius 2 is 2.18 bits per heavy atom. The number of rotatable bonds is 6. The molecule has 1 amide bonds. The van der Waals surface area contributed by atoms with E-state index in [4.69, 9.17) is 0 Å². The summed E-state index contributed by atoms with van der Waals surface area (Å²) in [5, 5.41) is 0. The van der Waals surface area contributed by atoms with Crippen LogP contribution in [-0.2, 0) is 21.3 Å². The molecule has 0 fully saturated rings. The van der Waals surface area contributed by atoms with Crippen molar-refractivity contribution in [2.75, 3.05) is 19.8 Å². The van der Waals surface area contributed by atoms with E-state index in [0.29, 0.717) is 24.3 Å². The number of carbonyl (C=O) groups is 1. The molecule has 3 nitrogen and oxygen atoms in total. The first-order chi connectivity index (χ1) is 7.99. The quantitative estimate of drug-likeness (QED) is 0.800. The first kappa shape index (κ1) is 14.9. The van der Waals surface area contributed by atoms with Crippen molar-refractivity contribution in [2.45, 2.75) is 18.6 Å². The monoisotopic (exact) mass is 337 g/mol. The van der Waals surface area contributed by atoms with Gasteiger partial charge < -0.3 is 4.90 Å². The van der Waals surface area contributed by atoms with E-state index < -0.39 is 10.8 Å². The van der Waals surface area contributed by atoms with Gasteiger partial charge in [-0.2, -0.15) is 0 Å². The number of thiophene rings is 1. The molecule has 1 rings (SSSR count). The molecular weight excluding hydrogens is 322 g/mol. The molecule has 0 spiro atoms. The molecule has 1 aromatic heterocycles. The lowest BCUT2D eigenvalue weighted by molar-refractivity contribution is -0.128. The zero-order valence-electron chi connectivity index (χ0n) is 9.94. The van der Waals surface area contributed by atoms with Gasteiger partial charge in [0.2, 0.25) is 5.91 Å². The van der Waals surface area contributed by atoms with Crippen molar-refractivity contribution >= 4 is 44.0 Å². The molecule has 0 radical (unpaired) electrons. The van der Waals surface area contributed by atoms with E-state index in [1.165, 1.54) is 0 Å². The van der Waals surface area contributed by atoms with E-state index in [-0.39, 0.29) is 5.91 Å². The minimum atomic E-state index is -0.868. The summed E-state index contributed by atoms with van der Waals surface area (Å²) >= 11 is 4.99. The van der Waals surface area contributed by atoms with Gasteiger partial charge in [-0.15, -0.1) is 11.3 Å². The van der Waals surface area contributed by atoms with Crippen LogP contribution in [0.15, 0.2) is 15.9 Å². The van der Waals surface area contributed by atoms with E-state index in [1.807, 2.05) is 12.1 Å². The Labute approximate surface area is 117 Å². The van der Waals surface area contributed by atoms with Gasteiger partial charge in [0, 0.05) is 41.9 Å². The van der Waals surface area contributed by atoms with Crippen molar-refractivity contribution in [1.82, 2.24) is 4.90 Å². The zero-order valence-corrected chi connectivity index (χ0v) is 13.2. The Hall–Kier alpha value is -0.200. The second-order valence-corrected chi connectivity index (χ2v) is 8.01. The number of hydrogen-bond donors (Lipinski definition) is 0. The highest BCUT2D eigenvalue weighted by Crippen LogP contribution is 2.23. The van der Waals surface area contributed by atoms with Gasteiger partial charge in [0.15, 0.2) is 0 Å². The number of nitrogens with zero attached hydrogens (tertiary/aromatic N) is 1. The smallest absolute Gasteiger partial charge is 0.222 e. The van der Waals surface area contributed by atoms with Gasteiger partial charge >= 0.3 is 0 Å². The third-order valence-electron chi connectivity index (χ3n) is 2.19. The fourth-order valence-electron chi connectivity index (χ4n) is 1.27. The van der Waals surface area contributed by atoms with Gasteiger partial charge in [0.25, 0.3) is 0 Å². The molecule has 0 saturated heterocycles. The Bertz CT molecular complexity index is 404. The third-order valence-corrected chi connectivity index (χ3v) is 5.38. The second-order valence-electron chi connectivity index (χ2n) is 3.89. The van der Waals surface area contributed by atoms with Crippen molar-refractivity contribution in [3.05, 3.63) is 20.8 Å². The minimum Gasteiger partial charge on any atom is -0.349 e. The maximum atomic E-state index is 11.8. The molecular formula is C11H16BrNO2S2. The summed E-state index contributed by atoms with van der Waals surface area (Å²) in [6, 6.07) is 3.95. The van der Waals surface area contributed by atoms with Crippen LogP contribution in [-0.4, -0.2) is 34.9 Å². The van der Waals surface area contributed by atoms with Crippen molar-refractivity contribution < 1.29 is 9.00 Å². The first-order valence-corrected chi connectivity index (χ1v) is 8.38. The maximum Gasteiger partial charge on any atom is 0.222 e. The van der Waals surface area contributed by atoms with Crippen molar-refractivity contribution in [3.8, 4) is 0 Å². The number of hydrogen-bond acceptors (Lipinski definition) is 3. The molecule has 0 bridgehead atoms. The van der Waals surface area contributed by atoms with Crippen LogP contribution in [0.3, 0.4) is 0 Å². The van der Waals surface area contributed by atoms with E-state index in [2.05, 4.69) is 15.9 Å². The van der Waals surface area contributed by atoms with Crippen molar-refractivity contribution in [2.24, 2.45) is 0 Å². The lowest BCUT2D eigenvalue weighted by Crippen LogP contribution is -2.21. The highest BCUT2D eigenvalue weighted by molar-refractivity contribution is 9.11. The predicted molar refractivity (Wildman–Crippen MR) is 76.7 cm³/mol. The molecule has 0 aliphatic carbocycles. The van der Waals surface area contributed by atoms with E-state index in [9.17, 15) is 9.00 Å². The maximum absolute atomic E-state index is 11.8. The molecule has 1 atom stereocenters. The summed E-state index contributed by atoms with van der Waals surface area (Å²) in [6.07, 6.45) is 1.17. The van der Waals surface area contributed by atoms with Gasteiger partial charge in [-0.25, -0.2) is 0 Å². The van der Waals surface area contributed by atoms with Crippen molar-refractivity contribution in [3.63, 3.8) is 0 Å². The number of halogens is 1. The molecule has 1 heterocycles. The van der Waals surface area contributed by atoms with Crippen LogP contribution >= 0.6 is 27.3 Å². The van der Waals surface area contributed by atoms with Crippen LogP contribution in [0.2, 0.25) is 0 Å². The molecule has 0 saturated carbocycles. The zero-order chi connectivity index (χ0) is 12.8. The summed E-state index contributed by atoms with van der Waals surface area (Å²) in [5.41, 5.74) is 0. The molecule has 0 N–H and O–H groups in total. The van der Waals surface area contributed by atoms with E-state index in [0.717, 1.165) is 8.66 Å². The molecule has 0 aromatic carbocycles. The highest BCUT2D eigenvalue weighted by Gasteiger charge is 2.07. The average Bonchev–Trinajstić information content (AvgIpc) is 2.63. The van der Waals surface area contributed by atoms with Crippen LogP contribution in [0, 0.1) is 0 Å². The highest BCUT2D eigenvalue weighted by atomic mass is 79.9. The van der Waals surface area contributed by atoms with Crippen LogP contribution in [0.4, 0.5) is 0 Å². The lowest BCUT2D eigenvalue weighted by atomic mass is 10.3. The van der Waals surface area contributed by atoms with Gasteiger partial charge in [-0.3, -0.25) is 9.00 Å². The topological polar surface area (TPSA) is 37.4 Å². The Kier molecular flexibility index (Phi) is 6.37. The number of carbonyl (C=O) groups excluding carboxylic acids is 1. The van der Waals surface area contributed by atoms with Crippen LogP contribution in [0.1, 0.15) is 17.7 Å². The molecule has 17 heavy (non-hydrogen) atoms. The van der Waals surface area contributed by atoms with Crippen LogP contribution in [0.25, 0.3) is 0 Å². The lowest BCUT2D eigenvalue weighted by Gasteiger charge is -2.09. The van der Waals surface area contributed by atoms with Crippen molar-refractivity contribution in [1.29, 1.82) is 0 Å². The van der Waals surface area contributed by atoms with Crippen LogP contribution < -0.4 is 0 Å².